The first kappa shape index (κ1) is 16.5. The molecule has 0 saturated heterocycles. The number of hydrogen-bond donors (Lipinski definition) is 0. The van der Waals surface area contributed by atoms with Crippen LogP contribution in [0.4, 0.5) is 0 Å². The first-order valence-electron chi connectivity index (χ1n) is 8.26. The van der Waals surface area contributed by atoms with E-state index in [4.69, 9.17) is 0 Å². The summed E-state index contributed by atoms with van der Waals surface area (Å²) in [5.74, 6) is 0.0493. The standard InChI is InChI=1S/C17H24N2O3S/c1-18(2)23(21,22)16-11-7-13(8-12-16)17(20)19(15-9-10-15)14-5-3-4-6-14/h7-8,11-12,14-15H,3-6,9-10H2,1-2H3. The summed E-state index contributed by atoms with van der Waals surface area (Å²) in [5.41, 5.74) is 0.585. The second-order valence-corrected chi connectivity index (χ2v) is 8.85. The molecule has 0 aromatic heterocycles. The lowest BCUT2D eigenvalue weighted by molar-refractivity contribution is 0.0664. The van der Waals surface area contributed by atoms with Crippen molar-refractivity contribution in [2.75, 3.05) is 14.1 Å². The van der Waals surface area contributed by atoms with E-state index in [0.717, 1.165) is 25.7 Å². The second-order valence-electron chi connectivity index (χ2n) is 6.69. The average Bonchev–Trinajstić information content (AvgIpc) is 3.21. The summed E-state index contributed by atoms with van der Waals surface area (Å²) in [6.07, 6.45) is 6.76. The number of hydrogen-bond acceptors (Lipinski definition) is 3. The van der Waals surface area contributed by atoms with Crippen molar-refractivity contribution in [2.45, 2.75) is 55.5 Å². The van der Waals surface area contributed by atoms with Gasteiger partial charge in [0.1, 0.15) is 0 Å². The van der Waals surface area contributed by atoms with E-state index in [1.165, 1.54) is 43.4 Å². The average molecular weight is 336 g/mol. The molecular weight excluding hydrogens is 312 g/mol. The van der Waals surface area contributed by atoms with Crippen LogP contribution < -0.4 is 0 Å². The summed E-state index contributed by atoms with van der Waals surface area (Å²) in [5, 5.41) is 0. The third-order valence-electron chi connectivity index (χ3n) is 4.77. The van der Waals surface area contributed by atoms with Gasteiger partial charge in [0.25, 0.3) is 5.91 Å². The van der Waals surface area contributed by atoms with Gasteiger partial charge in [0.15, 0.2) is 0 Å². The minimum Gasteiger partial charge on any atom is -0.333 e. The Morgan fingerprint density at radius 1 is 0.957 bits per heavy atom. The van der Waals surface area contributed by atoms with E-state index in [-0.39, 0.29) is 10.8 Å². The fourth-order valence-corrected chi connectivity index (χ4v) is 4.20. The topological polar surface area (TPSA) is 57.7 Å². The monoisotopic (exact) mass is 336 g/mol. The van der Waals surface area contributed by atoms with Crippen molar-refractivity contribution >= 4 is 15.9 Å². The van der Waals surface area contributed by atoms with E-state index in [1.807, 2.05) is 0 Å². The number of carbonyl (C=O) groups excluding carboxylic acids is 1. The molecule has 126 valence electrons. The molecule has 0 radical (unpaired) electrons. The number of sulfonamides is 1. The van der Waals surface area contributed by atoms with Gasteiger partial charge in [0, 0.05) is 31.7 Å². The summed E-state index contributed by atoms with van der Waals surface area (Å²) in [6.45, 7) is 0. The van der Waals surface area contributed by atoms with E-state index in [1.54, 1.807) is 12.1 Å². The van der Waals surface area contributed by atoms with Crippen LogP contribution in [0.15, 0.2) is 29.2 Å². The minimum atomic E-state index is -3.45. The maximum Gasteiger partial charge on any atom is 0.254 e. The molecular formula is C17H24N2O3S. The Kier molecular flexibility index (Phi) is 4.47. The van der Waals surface area contributed by atoms with Gasteiger partial charge in [-0.2, -0.15) is 0 Å². The van der Waals surface area contributed by atoms with Crippen molar-refractivity contribution in [3.8, 4) is 0 Å². The molecule has 0 heterocycles. The molecule has 1 aromatic rings. The summed E-state index contributed by atoms with van der Waals surface area (Å²) in [4.78, 5) is 15.2. The lowest BCUT2D eigenvalue weighted by Crippen LogP contribution is -2.40. The van der Waals surface area contributed by atoms with Crippen LogP contribution in [-0.2, 0) is 10.0 Å². The van der Waals surface area contributed by atoms with Gasteiger partial charge < -0.3 is 4.90 Å². The minimum absolute atomic E-state index is 0.0493. The van der Waals surface area contributed by atoms with Crippen LogP contribution in [-0.4, -0.2) is 49.7 Å². The molecule has 23 heavy (non-hydrogen) atoms. The van der Waals surface area contributed by atoms with Crippen LogP contribution in [0, 0.1) is 0 Å². The van der Waals surface area contributed by atoms with E-state index < -0.39 is 10.0 Å². The number of benzene rings is 1. The largest absolute Gasteiger partial charge is 0.333 e. The van der Waals surface area contributed by atoms with Gasteiger partial charge in [-0.3, -0.25) is 4.79 Å². The molecule has 0 aliphatic heterocycles. The lowest BCUT2D eigenvalue weighted by Gasteiger charge is -2.29. The highest BCUT2D eigenvalue weighted by Crippen LogP contribution is 2.35. The molecule has 2 aliphatic rings. The Labute approximate surface area is 138 Å². The van der Waals surface area contributed by atoms with E-state index in [2.05, 4.69) is 4.90 Å². The van der Waals surface area contributed by atoms with Crippen molar-refractivity contribution in [3.63, 3.8) is 0 Å². The smallest absolute Gasteiger partial charge is 0.254 e. The molecule has 1 amide bonds. The van der Waals surface area contributed by atoms with E-state index in [0.29, 0.717) is 17.6 Å². The maximum atomic E-state index is 12.9. The molecule has 1 aromatic carbocycles. The highest BCUT2D eigenvalue weighted by Gasteiger charge is 2.38. The van der Waals surface area contributed by atoms with Gasteiger partial charge in [-0.1, -0.05) is 12.8 Å². The van der Waals surface area contributed by atoms with Crippen LogP contribution in [0.25, 0.3) is 0 Å². The third kappa shape index (κ3) is 3.28. The lowest BCUT2D eigenvalue weighted by atomic mass is 10.1. The molecule has 0 atom stereocenters. The molecule has 6 heteroatoms. The van der Waals surface area contributed by atoms with Gasteiger partial charge in [0.2, 0.25) is 10.0 Å². The zero-order valence-electron chi connectivity index (χ0n) is 13.7. The van der Waals surface area contributed by atoms with Crippen molar-refractivity contribution < 1.29 is 13.2 Å². The van der Waals surface area contributed by atoms with Crippen LogP contribution in [0.5, 0.6) is 0 Å². The van der Waals surface area contributed by atoms with Gasteiger partial charge >= 0.3 is 0 Å². The molecule has 0 N–H and O–H groups in total. The van der Waals surface area contributed by atoms with Crippen molar-refractivity contribution in [1.29, 1.82) is 0 Å². The molecule has 0 bridgehead atoms. The Morgan fingerprint density at radius 3 is 1.96 bits per heavy atom. The normalized spacial score (nSPS) is 19.3. The summed E-state index contributed by atoms with van der Waals surface area (Å²) < 4.78 is 25.4. The predicted octanol–water partition coefficient (Wildman–Crippen LogP) is 2.48. The first-order chi connectivity index (χ1) is 10.9. The Morgan fingerprint density at radius 2 is 1.48 bits per heavy atom. The molecule has 5 nitrogen and oxygen atoms in total. The van der Waals surface area contributed by atoms with Crippen LogP contribution in [0.2, 0.25) is 0 Å². The van der Waals surface area contributed by atoms with Gasteiger partial charge in [0.05, 0.1) is 4.90 Å². The first-order valence-corrected chi connectivity index (χ1v) is 9.70. The molecule has 0 unspecified atom stereocenters. The van der Waals surface area contributed by atoms with Crippen molar-refractivity contribution in [3.05, 3.63) is 29.8 Å². The fraction of sp³-hybridized carbons (Fsp3) is 0.588. The Hall–Kier alpha value is -1.40. The molecule has 2 fully saturated rings. The zero-order chi connectivity index (χ0) is 16.6. The molecule has 0 spiro atoms. The van der Waals surface area contributed by atoms with Crippen LogP contribution in [0.3, 0.4) is 0 Å². The zero-order valence-corrected chi connectivity index (χ0v) is 14.6. The van der Waals surface area contributed by atoms with E-state index >= 15 is 0 Å². The third-order valence-corrected chi connectivity index (χ3v) is 6.60. The second kappa shape index (κ2) is 6.24. The summed E-state index contributed by atoms with van der Waals surface area (Å²) in [7, 11) is -0.444. The number of nitrogens with zero attached hydrogens (tertiary/aromatic N) is 2. The maximum absolute atomic E-state index is 12.9. The van der Waals surface area contributed by atoms with Crippen LogP contribution >= 0.6 is 0 Å². The van der Waals surface area contributed by atoms with Crippen LogP contribution in [0.1, 0.15) is 48.9 Å². The Bertz CT molecular complexity index is 672. The number of carbonyl (C=O) groups is 1. The van der Waals surface area contributed by atoms with Crippen molar-refractivity contribution in [2.24, 2.45) is 0 Å². The predicted molar refractivity (Wildman–Crippen MR) is 88.8 cm³/mol. The SMILES string of the molecule is CN(C)S(=O)(=O)c1ccc(C(=O)N(C2CCCC2)C2CC2)cc1. The van der Waals surface area contributed by atoms with Gasteiger partial charge in [-0.05, 0) is 49.9 Å². The molecule has 2 aliphatic carbocycles. The molecule has 3 rings (SSSR count). The van der Waals surface area contributed by atoms with Gasteiger partial charge in [-0.25, -0.2) is 12.7 Å². The molecule has 2 saturated carbocycles. The van der Waals surface area contributed by atoms with Crippen molar-refractivity contribution in [1.82, 2.24) is 9.21 Å². The summed E-state index contributed by atoms with van der Waals surface area (Å²) >= 11 is 0. The highest BCUT2D eigenvalue weighted by molar-refractivity contribution is 7.89. The number of amides is 1. The Balaban J connectivity index is 1.82. The summed E-state index contributed by atoms with van der Waals surface area (Å²) in [6, 6.07) is 7.09. The number of rotatable bonds is 5. The highest BCUT2D eigenvalue weighted by atomic mass is 32.2. The van der Waals surface area contributed by atoms with Gasteiger partial charge in [-0.15, -0.1) is 0 Å². The fourth-order valence-electron chi connectivity index (χ4n) is 3.29. The quantitative estimate of drug-likeness (QED) is 0.830. The van der Waals surface area contributed by atoms with E-state index in [9.17, 15) is 13.2 Å².